The Morgan fingerprint density at radius 1 is 0.963 bits per heavy atom. The van der Waals surface area contributed by atoms with E-state index in [4.69, 9.17) is 5.10 Å². The number of anilines is 2. The fourth-order valence-corrected chi connectivity index (χ4v) is 3.68. The lowest BCUT2D eigenvalue weighted by atomic mass is 10.2. The van der Waals surface area contributed by atoms with Crippen LogP contribution in [0.1, 0.15) is 29.8 Å². The molecule has 2 aliphatic heterocycles. The van der Waals surface area contributed by atoms with Gasteiger partial charge in [-0.25, -0.2) is 14.6 Å². The molecule has 5 heterocycles. The van der Waals surface area contributed by atoms with Gasteiger partial charge < -0.3 is 9.80 Å². The van der Waals surface area contributed by atoms with Gasteiger partial charge in [-0.1, -0.05) is 6.58 Å². The number of nitrogens with zero attached hydrogens (tertiary/aromatic N) is 7. The highest BCUT2D eigenvalue weighted by molar-refractivity contribution is 5.82. The first kappa shape index (κ1) is 16.0. The molecule has 1 saturated heterocycles. The third-order valence-corrected chi connectivity index (χ3v) is 5.23. The van der Waals surface area contributed by atoms with Crippen molar-refractivity contribution in [3.63, 3.8) is 0 Å². The van der Waals surface area contributed by atoms with E-state index in [1.807, 2.05) is 31.6 Å². The van der Waals surface area contributed by atoms with Crippen molar-refractivity contribution in [2.75, 3.05) is 22.9 Å². The highest BCUT2D eigenvalue weighted by atomic mass is 15.3. The molecule has 136 valence electrons. The van der Waals surface area contributed by atoms with E-state index in [1.54, 1.807) is 10.9 Å². The molecule has 0 aliphatic carbocycles. The van der Waals surface area contributed by atoms with Gasteiger partial charge in [0.2, 0.25) is 0 Å². The van der Waals surface area contributed by atoms with E-state index in [9.17, 15) is 0 Å². The van der Waals surface area contributed by atoms with Crippen LogP contribution in [0.2, 0.25) is 0 Å². The summed E-state index contributed by atoms with van der Waals surface area (Å²) in [5.74, 6) is 1.67. The first-order chi connectivity index (χ1) is 13.2. The lowest BCUT2D eigenvalue weighted by molar-refractivity contribution is 0.796. The minimum Gasteiger partial charge on any atom is -0.355 e. The number of hydrogen-bond acceptors (Lipinski definition) is 6. The summed E-state index contributed by atoms with van der Waals surface area (Å²) in [5.41, 5.74) is 5.00. The molecule has 0 unspecified atom stereocenters. The topological polar surface area (TPSA) is 63.0 Å². The minimum absolute atomic E-state index is 0.686. The van der Waals surface area contributed by atoms with Crippen molar-refractivity contribution in [1.82, 2.24) is 24.7 Å². The van der Waals surface area contributed by atoms with E-state index >= 15 is 0 Å². The highest BCUT2D eigenvalue weighted by Gasteiger charge is 2.27. The molecule has 0 N–H and O–H groups in total. The van der Waals surface area contributed by atoms with Crippen LogP contribution in [0.5, 0.6) is 0 Å². The second-order valence-electron chi connectivity index (χ2n) is 7.05. The van der Waals surface area contributed by atoms with Gasteiger partial charge >= 0.3 is 0 Å². The number of aryl methyl sites for hydroxylation is 1. The van der Waals surface area contributed by atoms with Crippen molar-refractivity contribution in [2.45, 2.75) is 26.3 Å². The van der Waals surface area contributed by atoms with Gasteiger partial charge in [-0.15, -0.1) is 0 Å². The molecule has 0 aromatic carbocycles. The lowest BCUT2D eigenvalue weighted by Gasteiger charge is -2.19. The third-order valence-electron chi connectivity index (χ3n) is 5.23. The molecule has 7 nitrogen and oxygen atoms in total. The number of rotatable bonds is 3. The van der Waals surface area contributed by atoms with Crippen molar-refractivity contribution < 1.29 is 0 Å². The van der Waals surface area contributed by atoms with Crippen molar-refractivity contribution in [1.29, 1.82) is 0 Å². The van der Waals surface area contributed by atoms with Crippen LogP contribution in [-0.4, -0.2) is 37.8 Å². The van der Waals surface area contributed by atoms with Gasteiger partial charge in [0.25, 0.3) is 0 Å². The normalized spacial score (nSPS) is 16.3. The summed E-state index contributed by atoms with van der Waals surface area (Å²) in [7, 11) is 0. The monoisotopic (exact) mass is 359 g/mol. The molecule has 0 saturated carbocycles. The number of fused-ring (bicyclic) bond motifs is 1. The maximum Gasteiger partial charge on any atom is 0.171 e. The van der Waals surface area contributed by atoms with E-state index in [2.05, 4.69) is 37.4 Å². The summed E-state index contributed by atoms with van der Waals surface area (Å²) in [4.78, 5) is 17.9. The second kappa shape index (κ2) is 6.19. The molecule has 0 atom stereocenters. The SMILES string of the molecule is C=C1c2cn(-c3cnc(N4CCCC4)cn3)nc2CN1c1ccc(C)nc1. The Hall–Kier alpha value is -3.22. The number of aromatic nitrogens is 5. The van der Waals surface area contributed by atoms with Crippen molar-refractivity contribution in [3.8, 4) is 5.82 Å². The molecule has 5 rings (SSSR count). The molecule has 7 heteroatoms. The minimum atomic E-state index is 0.686. The number of pyridine rings is 1. The van der Waals surface area contributed by atoms with Crippen LogP contribution in [-0.2, 0) is 6.54 Å². The van der Waals surface area contributed by atoms with Crippen molar-refractivity contribution >= 4 is 17.2 Å². The van der Waals surface area contributed by atoms with Crippen LogP contribution in [0, 0.1) is 6.92 Å². The summed E-state index contributed by atoms with van der Waals surface area (Å²) in [6, 6.07) is 4.08. The molecule has 0 spiro atoms. The zero-order valence-electron chi connectivity index (χ0n) is 15.3. The zero-order valence-corrected chi connectivity index (χ0v) is 15.3. The Morgan fingerprint density at radius 2 is 1.74 bits per heavy atom. The summed E-state index contributed by atoms with van der Waals surface area (Å²) >= 11 is 0. The average Bonchev–Trinajstić information content (AvgIpc) is 3.41. The fourth-order valence-electron chi connectivity index (χ4n) is 3.68. The van der Waals surface area contributed by atoms with Gasteiger partial charge in [-0.05, 0) is 31.9 Å². The summed E-state index contributed by atoms with van der Waals surface area (Å²) < 4.78 is 1.79. The van der Waals surface area contributed by atoms with Crippen LogP contribution < -0.4 is 9.80 Å². The molecule has 27 heavy (non-hydrogen) atoms. The Kier molecular flexibility index (Phi) is 3.67. The summed E-state index contributed by atoms with van der Waals surface area (Å²) in [6.45, 7) is 9.05. The fraction of sp³-hybridized carbons (Fsp3) is 0.300. The molecule has 0 amide bonds. The molecule has 3 aromatic rings. The number of hydrogen-bond donors (Lipinski definition) is 0. The molecule has 0 bridgehead atoms. The average molecular weight is 359 g/mol. The highest BCUT2D eigenvalue weighted by Crippen LogP contribution is 2.35. The maximum atomic E-state index is 4.71. The van der Waals surface area contributed by atoms with Gasteiger partial charge in [-0.3, -0.25) is 4.98 Å². The molecule has 3 aromatic heterocycles. The Morgan fingerprint density at radius 3 is 2.41 bits per heavy atom. The van der Waals surface area contributed by atoms with Crippen LogP contribution in [0.25, 0.3) is 11.5 Å². The Balaban J connectivity index is 1.38. The van der Waals surface area contributed by atoms with Crippen LogP contribution >= 0.6 is 0 Å². The van der Waals surface area contributed by atoms with Crippen molar-refractivity contribution in [3.05, 3.63) is 60.5 Å². The summed E-state index contributed by atoms with van der Waals surface area (Å²) in [5, 5.41) is 4.71. The van der Waals surface area contributed by atoms with Crippen molar-refractivity contribution in [2.24, 2.45) is 0 Å². The predicted octanol–water partition coefficient (Wildman–Crippen LogP) is 2.96. The van der Waals surface area contributed by atoms with Crippen LogP contribution in [0.3, 0.4) is 0 Å². The van der Waals surface area contributed by atoms with E-state index in [-0.39, 0.29) is 0 Å². The quantitative estimate of drug-likeness (QED) is 0.716. The zero-order chi connectivity index (χ0) is 18.4. The molecule has 2 aliphatic rings. The van der Waals surface area contributed by atoms with Crippen LogP contribution in [0.4, 0.5) is 11.5 Å². The van der Waals surface area contributed by atoms with Gasteiger partial charge in [0.15, 0.2) is 5.82 Å². The summed E-state index contributed by atoms with van der Waals surface area (Å²) in [6.07, 6.45) is 9.95. The third kappa shape index (κ3) is 2.75. The van der Waals surface area contributed by atoms with E-state index in [0.717, 1.165) is 53.1 Å². The standard InChI is InChI=1S/C20H21N7/c1-14-5-6-16(9-21-14)26-13-18-17(15(26)2)12-27(24-18)20-11-22-19(10-23-20)25-7-3-4-8-25/h5-6,9-12H,2-4,7-8,13H2,1H3. The van der Waals surface area contributed by atoms with Gasteiger partial charge in [0.1, 0.15) is 5.82 Å². The maximum absolute atomic E-state index is 4.71. The lowest BCUT2D eigenvalue weighted by Crippen LogP contribution is -2.19. The van der Waals surface area contributed by atoms with Gasteiger partial charge in [-0.2, -0.15) is 5.10 Å². The van der Waals surface area contributed by atoms with Gasteiger partial charge in [0, 0.05) is 36.2 Å². The molecular weight excluding hydrogens is 338 g/mol. The molecular formula is C20H21N7. The first-order valence-electron chi connectivity index (χ1n) is 9.24. The Labute approximate surface area is 158 Å². The van der Waals surface area contributed by atoms with E-state index in [0.29, 0.717) is 6.54 Å². The Bertz CT molecular complexity index is 982. The largest absolute Gasteiger partial charge is 0.355 e. The van der Waals surface area contributed by atoms with Gasteiger partial charge in [0.05, 0.1) is 36.5 Å². The molecule has 1 fully saturated rings. The second-order valence-corrected chi connectivity index (χ2v) is 7.05. The van der Waals surface area contributed by atoms with Crippen LogP contribution in [0.15, 0.2) is 43.5 Å². The smallest absolute Gasteiger partial charge is 0.171 e. The molecule has 0 radical (unpaired) electrons. The first-order valence-corrected chi connectivity index (χ1v) is 9.24. The van der Waals surface area contributed by atoms with E-state index in [1.165, 1.54) is 12.8 Å². The predicted molar refractivity (Wildman–Crippen MR) is 105 cm³/mol. The van der Waals surface area contributed by atoms with E-state index < -0.39 is 0 Å².